The normalized spacial score (nSPS) is 10.8. The number of benzene rings is 2. The number of alkyl halides is 3. The van der Waals surface area contributed by atoms with E-state index in [1.807, 2.05) is 37.4 Å². The predicted octanol–water partition coefficient (Wildman–Crippen LogP) is 3.37. The van der Waals surface area contributed by atoms with Crippen LogP contribution in [0.25, 0.3) is 0 Å². The number of rotatable bonds is 6. The molecule has 2 aromatic rings. The predicted molar refractivity (Wildman–Crippen MR) is 95.0 cm³/mol. The fraction of sp³-hybridized carbons (Fsp3) is 0.263. The lowest BCUT2D eigenvalue weighted by molar-refractivity contribution is -0.159. The van der Waals surface area contributed by atoms with Crippen molar-refractivity contribution in [2.45, 2.75) is 12.7 Å². The molecule has 0 aliphatic rings. The molecule has 0 atom stereocenters. The van der Waals surface area contributed by atoms with Gasteiger partial charge in [0.1, 0.15) is 12.4 Å². The summed E-state index contributed by atoms with van der Waals surface area (Å²) in [7, 11) is 1.95. The highest BCUT2D eigenvalue weighted by molar-refractivity contribution is 6.27. The average Bonchev–Trinajstić information content (AvgIpc) is 2.62. The van der Waals surface area contributed by atoms with Crippen molar-refractivity contribution >= 4 is 11.9 Å². The van der Waals surface area contributed by atoms with E-state index < -0.39 is 23.7 Å². The maximum atomic E-state index is 12.6. The van der Waals surface area contributed by atoms with Gasteiger partial charge in [0.05, 0.1) is 5.56 Å². The second kappa shape index (κ2) is 10.9. The van der Waals surface area contributed by atoms with Gasteiger partial charge < -0.3 is 14.9 Å². The van der Waals surface area contributed by atoms with Crippen molar-refractivity contribution < 1.29 is 37.7 Å². The molecule has 2 rings (SSSR count). The second-order valence-electron chi connectivity index (χ2n) is 5.71. The Kier molecular flexibility index (Phi) is 8.97. The maximum absolute atomic E-state index is 12.6. The van der Waals surface area contributed by atoms with Crippen LogP contribution in [0, 0.1) is 0 Å². The Morgan fingerprint density at radius 1 is 1.00 bits per heavy atom. The zero-order valence-electron chi connectivity index (χ0n) is 15.0. The molecule has 0 aliphatic carbocycles. The number of carboxylic acids is 2. The molecule has 28 heavy (non-hydrogen) atoms. The van der Waals surface area contributed by atoms with Crippen molar-refractivity contribution in [3.8, 4) is 5.75 Å². The molecule has 0 aliphatic heterocycles. The summed E-state index contributed by atoms with van der Waals surface area (Å²) in [6.45, 7) is 1.74. The van der Waals surface area contributed by atoms with Gasteiger partial charge in [-0.25, -0.2) is 9.59 Å². The molecule has 0 spiro atoms. The van der Waals surface area contributed by atoms with Gasteiger partial charge in [-0.2, -0.15) is 13.2 Å². The summed E-state index contributed by atoms with van der Waals surface area (Å²) in [5.41, 5.74) is 0.492. The van der Waals surface area contributed by atoms with Crippen LogP contribution in [0.3, 0.4) is 0 Å². The number of carboxylic acid groups (broad SMARTS) is 2. The van der Waals surface area contributed by atoms with E-state index in [-0.39, 0.29) is 5.75 Å². The quantitative estimate of drug-likeness (QED) is 0.725. The number of nitrogens with zero attached hydrogens (tertiary/aromatic N) is 1. The molecule has 152 valence electrons. The monoisotopic (exact) mass is 399 g/mol. The number of aliphatic carboxylic acids is 2. The molecule has 0 radical (unpaired) electrons. The highest BCUT2D eigenvalue weighted by atomic mass is 19.4. The van der Waals surface area contributed by atoms with E-state index in [1.165, 1.54) is 17.7 Å². The molecule has 0 unspecified atom stereocenters. The van der Waals surface area contributed by atoms with E-state index in [4.69, 9.17) is 24.5 Å². The summed E-state index contributed by atoms with van der Waals surface area (Å²) in [5, 5.41) is 14.8. The molecule has 0 saturated carbocycles. The third-order valence-corrected chi connectivity index (χ3v) is 3.38. The minimum absolute atomic E-state index is 0.239. The van der Waals surface area contributed by atoms with Gasteiger partial charge in [-0.3, -0.25) is 4.90 Å². The Bertz CT molecular complexity index is 754. The van der Waals surface area contributed by atoms with Gasteiger partial charge in [0.15, 0.2) is 0 Å². The molecular weight excluding hydrogens is 379 g/mol. The molecule has 2 aromatic carbocycles. The van der Waals surface area contributed by atoms with Crippen LogP contribution >= 0.6 is 0 Å². The third-order valence-electron chi connectivity index (χ3n) is 3.38. The first-order valence-corrected chi connectivity index (χ1v) is 8.08. The highest BCUT2D eigenvalue weighted by Crippen LogP contribution is 2.31. The van der Waals surface area contributed by atoms with Crippen molar-refractivity contribution in [1.29, 1.82) is 0 Å². The number of carbonyl (C=O) groups is 2. The molecule has 0 fully saturated rings. The Balaban J connectivity index is 0.000000568. The minimum Gasteiger partial charge on any atom is -0.492 e. The fourth-order valence-corrected chi connectivity index (χ4v) is 2.06. The van der Waals surface area contributed by atoms with Crippen molar-refractivity contribution in [2.24, 2.45) is 0 Å². The Morgan fingerprint density at radius 3 is 2.14 bits per heavy atom. The van der Waals surface area contributed by atoms with Crippen LogP contribution in [0.15, 0.2) is 54.6 Å². The van der Waals surface area contributed by atoms with E-state index >= 15 is 0 Å². The summed E-state index contributed by atoms with van der Waals surface area (Å²) in [6, 6.07) is 14.9. The van der Waals surface area contributed by atoms with Crippen LogP contribution in [0.1, 0.15) is 11.1 Å². The third kappa shape index (κ3) is 9.04. The first kappa shape index (κ1) is 23.0. The first-order valence-electron chi connectivity index (χ1n) is 8.08. The molecule has 0 amide bonds. The van der Waals surface area contributed by atoms with Crippen molar-refractivity contribution in [3.05, 3.63) is 65.7 Å². The summed E-state index contributed by atoms with van der Waals surface area (Å²) in [6.07, 6.45) is -4.34. The largest absolute Gasteiger partial charge is 0.492 e. The van der Waals surface area contributed by atoms with Crippen molar-refractivity contribution in [1.82, 2.24) is 4.90 Å². The lowest BCUT2D eigenvalue weighted by Gasteiger charge is -2.17. The van der Waals surface area contributed by atoms with E-state index in [2.05, 4.69) is 4.90 Å². The molecule has 9 heteroatoms. The first-order chi connectivity index (χ1) is 13.1. The van der Waals surface area contributed by atoms with Gasteiger partial charge in [0.25, 0.3) is 0 Å². The van der Waals surface area contributed by atoms with E-state index in [1.54, 1.807) is 0 Å². The zero-order valence-corrected chi connectivity index (χ0v) is 15.0. The number of ether oxygens (including phenoxy) is 1. The summed E-state index contributed by atoms with van der Waals surface area (Å²) < 4.78 is 43.2. The summed E-state index contributed by atoms with van der Waals surface area (Å²) >= 11 is 0. The molecule has 0 aromatic heterocycles. The van der Waals surface area contributed by atoms with Crippen LogP contribution in [0.2, 0.25) is 0 Å². The van der Waals surface area contributed by atoms with Crippen LogP contribution in [0.5, 0.6) is 5.75 Å². The van der Waals surface area contributed by atoms with Crippen LogP contribution in [-0.2, 0) is 22.3 Å². The molecule has 0 saturated heterocycles. The fourth-order valence-electron chi connectivity index (χ4n) is 2.06. The Hall–Kier alpha value is -3.07. The van der Waals surface area contributed by atoms with Crippen LogP contribution in [0.4, 0.5) is 13.2 Å². The average molecular weight is 399 g/mol. The molecular formula is C19H20F3NO5. The lowest BCUT2D eigenvalue weighted by atomic mass is 10.2. The molecule has 6 nitrogen and oxygen atoms in total. The Labute approximate surface area is 159 Å². The van der Waals surface area contributed by atoms with Crippen molar-refractivity contribution in [2.75, 3.05) is 20.2 Å². The van der Waals surface area contributed by atoms with Gasteiger partial charge in [-0.1, -0.05) is 36.4 Å². The SMILES string of the molecule is CN(CCOc1cccc(C(F)(F)F)c1)Cc1ccccc1.O=C(O)C(=O)O. The standard InChI is InChI=1S/C17H18F3NO.C2H2O4/c1-21(13-14-6-3-2-4-7-14)10-11-22-16-9-5-8-15(12-16)17(18,19)20;3-1(4)2(5)6/h2-9,12H,10-11,13H2,1H3;(H,3,4)(H,5,6). The van der Waals surface area contributed by atoms with Gasteiger partial charge >= 0.3 is 18.1 Å². The summed E-state index contributed by atoms with van der Waals surface area (Å²) in [5.74, 6) is -3.41. The van der Waals surface area contributed by atoms with E-state index in [0.717, 1.165) is 18.7 Å². The van der Waals surface area contributed by atoms with E-state index in [0.29, 0.717) is 13.2 Å². The molecule has 0 heterocycles. The van der Waals surface area contributed by atoms with Crippen molar-refractivity contribution in [3.63, 3.8) is 0 Å². The molecule has 2 N–H and O–H groups in total. The lowest BCUT2D eigenvalue weighted by Crippen LogP contribution is -2.23. The topological polar surface area (TPSA) is 87.1 Å². The van der Waals surface area contributed by atoms with E-state index in [9.17, 15) is 13.2 Å². The van der Waals surface area contributed by atoms with Crippen LogP contribution < -0.4 is 4.74 Å². The Morgan fingerprint density at radius 2 is 1.61 bits per heavy atom. The second-order valence-corrected chi connectivity index (χ2v) is 5.71. The van der Waals surface area contributed by atoms with Gasteiger partial charge in [-0.15, -0.1) is 0 Å². The summed E-state index contributed by atoms with van der Waals surface area (Å²) in [4.78, 5) is 20.3. The smallest absolute Gasteiger partial charge is 0.416 e. The highest BCUT2D eigenvalue weighted by Gasteiger charge is 2.30. The van der Waals surface area contributed by atoms with Crippen LogP contribution in [-0.4, -0.2) is 47.3 Å². The number of halogens is 3. The van der Waals surface area contributed by atoms with Gasteiger partial charge in [0, 0.05) is 13.1 Å². The number of hydrogen-bond donors (Lipinski definition) is 2. The minimum atomic E-state index is -4.34. The molecule has 0 bridgehead atoms. The maximum Gasteiger partial charge on any atom is 0.416 e. The zero-order chi connectivity index (χ0) is 21.2. The van der Waals surface area contributed by atoms with Gasteiger partial charge in [-0.05, 0) is 30.8 Å². The number of likely N-dealkylation sites (N-methyl/N-ethyl adjacent to an activating group) is 1. The number of hydrogen-bond acceptors (Lipinski definition) is 4. The van der Waals surface area contributed by atoms with Gasteiger partial charge in [0.2, 0.25) is 0 Å².